The lowest BCUT2D eigenvalue weighted by molar-refractivity contribution is 0.195. The number of pyridine rings is 1. The molecule has 0 saturated carbocycles. The summed E-state index contributed by atoms with van der Waals surface area (Å²) in [6.07, 6.45) is 7.24. The van der Waals surface area contributed by atoms with Gasteiger partial charge in [0.1, 0.15) is 12.1 Å². The molecule has 1 unspecified atom stereocenters. The fourth-order valence-electron chi connectivity index (χ4n) is 4.34. The molecule has 4 aromatic rings. The third kappa shape index (κ3) is 3.68. The Labute approximate surface area is 174 Å². The third-order valence-corrected chi connectivity index (χ3v) is 5.77. The van der Waals surface area contributed by atoms with Crippen LogP contribution in [0.5, 0.6) is 0 Å². The van der Waals surface area contributed by atoms with Crippen LogP contribution in [0.2, 0.25) is 0 Å². The van der Waals surface area contributed by atoms with Gasteiger partial charge >= 0.3 is 0 Å². The first-order chi connectivity index (χ1) is 14.7. The Morgan fingerprint density at radius 1 is 1.17 bits per heavy atom. The number of aryl methyl sites for hydroxylation is 1. The quantitative estimate of drug-likeness (QED) is 0.516. The summed E-state index contributed by atoms with van der Waals surface area (Å²) in [6, 6.07) is 11.3. The van der Waals surface area contributed by atoms with E-state index >= 15 is 0 Å². The van der Waals surface area contributed by atoms with Gasteiger partial charge in [0, 0.05) is 48.2 Å². The van der Waals surface area contributed by atoms with Crippen LogP contribution in [-0.2, 0) is 6.54 Å². The van der Waals surface area contributed by atoms with Crippen molar-refractivity contribution in [1.29, 1.82) is 0 Å². The Bertz CT molecular complexity index is 1170. The van der Waals surface area contributed by atoms with E-state index in [0.29, 0.717) is 23.8 Å². The van der Waals surface area contributed by atoms with E-state index in [-0.39, 0.29) is 5.82 Å². The number of hydrogen-bond acceptors (Lipinski definition) is 5. The summed E-state index contributed by atoms with van der Waals surface area (Å²) in [4.78, 5) is 15.2. The van der Waals surface area contributed by atoms with Gasteiger partial charge in [-0.3, -0.25) is 9.88 Å². The number of rotatable bonds is 4. The van der Waals surface area contributed by atoms with E-state index in [0.717, 1.165) is 48.4 Å². The van der Waals surface area contributed by atoms with Crippen molar-refractivity contribution in [2.24, 2.45) is 0 Å². The lowest BCUT2D eigenvalue weighted by atomic mass is 9.93. The predicted molar refractivity (Wildman–Crippen MR) is 112 cm³/mol. The summed E-state index contributed by atoms with van der Waals surface area (Å²) < 4.78 is 16.4. The lowest BCUT2D eigenvalue weighted by Gasteiger charge is -2.33. The summed E-state index contributed by atoms with van der Waals surface area (Å²) in [6.45, 7) is 4.38. The minimum atomic E-state index is -0.164. The maximum Gasteiger partial charge on any atom is 0.252 e. The van der Waals surface area contributed by atoms with Crippen molar-refractivity contribution >= 4 is 5.78 Å². The zero-order valence-corrected chi connectivity index (χ0v) is 16.9. The molecule has 1 aromatic carbocycles. The number of nitrogens with zero attached hydrogens (tertiary/aromatic N) is 6. The highest BCUT2D eigenvalue weighted by Crippen LogP contribution is 2.29. The molecule has 0 N–H and O–H groups in total. The summed E-state index contributed by atoms with van der Waals surface area (Å²) in [5.41, 5.74) is 4.77. The van der Waals surface area contributed by atoms with E-state index < -0.39 is 0 Å². The minimum Gasteiger partial charge on any atom is -0.298 e. The molecule has 1 fully saturated rings. The molecule has 152 valence electrons. The van der Waals surface area contributed by atoms with Crippen LogP contribution in [0.3, 0.4) is 0 Å². The van der Waals surface area contributed by atoms with Crippen LogP contribution in [0, 0.1) is 12.7 Å². The second-order valence-electron chi connectivity index (χ2n) is 7.92. The van der Waals surface area contributed by atoms with Gasteiger partial charge in [-0.05, 0) is 56.1 Å². The molecule has 7 heteroatoms. The number of fused-ring (bicyclic) bond motifs is 1. The number of aromatic nitrogens is 5. The smallest absolute Gasteiger partial charge is 0.252 e. The van der Waals surface area contributed by atoms with Crippen molar-refractivity contribution in [2.75, 3.05) is 13.1 Å². The van der Waals surface area contributed by atoms with Crippen LogP contribution >= 0.6 is 0 Å². The van der Waals surface area contributed by atoms with Crippen LogP contribution in [0.25, 0.3) is 16.9 Å². The predicted octanol–water partition coefficient (Wildman–Crippen LogP) is 4.01. The van der Waals surface area contributed by atoms with Crippen molar-refractivity contribution in [3.05, 3.63) is 77.9 Å². The minimum absolute atomic E-state index is 0.164. The molecule has 0 aliphatic carbocycles. The molecule has 3 aromatic heterocycles. The van der Waals surface area contributed by atoms with Gasteiger partial charge in [0.05, 0.1) is 5.69 Å². The van der Waals surface area contributed by atoms with Gasteiger partial charge in [-0.25, -0.2) is 13.9 Å². The first-order valence-electron chi connectivity index (χ1n) is 10.3. The summed E-state index contributed by atoms with van der Waals surface area (Å²) in [5.74, 6) is 0.787. The molecule has 0 amide bonds. The average Bonchev–Trinajstić information content (AvgIpc) is 3.24. The Hall–Kier alpha value is -3.19. The van der Waals surface area contributed by atoms with Gasteiger partial charge in [0.2, 0.25) is 0 Å². The number of likely N-dealkylation sites (tertiary alicyclic amines) is 1. The maximum atomic E-state index is 14.6. The zero-order valence-electron chi connectivity index (χ0n) is 16.9. The molecule has 4 heterocycles. The SMILES string of the molecule is Cc1cc(C2CCCN(Cc3cc(-c4cccnc4)ccc3F)C2)n2ncnc2n1. The average molecular weight is 402 g/mol. The van der Waals surface area contributed by atoms with Gasteiger partial charge in [0.25, 0.3) is 5.78 Å². The fraction of sp³-hybridized carbons (Fsp3) is 0.304. The summed E-state index contributed by atoms with van der Waals surface area (Å²) >= 11 is 0. The Kier molecular flexibility index (Phi) is 4.96. The summed E-state index contributed by atoms with van der Waals surface area (Å²) in [7, 11) is 0. The summed E-state index contributed by atoms with van der Waals surface area (Å²) in [5, 5.41) is 4.36. The van der Waals surface area contributed by atoms with E-state index in [9.17, 15) is 4.39 Å². The van der Waals surface area contributed by atoms with Crippen molar-refractivity contribution in [2.45, 2.75) is 32.2 Å². The van der Waals surface area contributed by atoms with Crippen molar-refractivity contribution in [1.82, 2.24) is 29.5 Å². The highest BCUT2D eigenvalue weighted by molar-refractivity contribution is 5.63. The molecule has 5 rings (SSSR count). The van der Waals surface area contributed by atoms with Crippen LogP contribution in [0.15, 0.2) is 55.1 Å². The lowest BCUT2D eigenvalue weighted by Crippen LogP contribution is -2.35. The molecule has 0 spiro atoms. The maximum absolute atomic E-state index is 14.6. The Morgan fingerprint density at radius 3 is 2.97 bits per heavy atom. The fourth-order valence-corrected chi connectivity index (χ4v) is 4.34. The molecule has 0 radical (unpaired) electrons. The number of benzene rings is 1. The van der Waals surface area contributed by atoms with E-state index in [4.69, 9.17) is 0 Å². The van der Waals surface area contributed by atoms with Crippen LogP contribution in [-0.4, -0.2) is 42.6 Å². The highest BCUT2D eigenvalue weighted by atomic mass is 19.1. The first kappa shape index (κ1) is 18.8. The molecule has 1 aliphatic heterocycles. The van der Waals surface area contributed by atoms with Gasteiger partial charge in [-0.2, -0.15) is 10.1 Å². The molecule has 1 aliphatic rings. The van der Waals surface area contributed by atoms with Gasteiger partial charge in [-0.1, -0.05) is 12.1 Å². The molecule has 30 heavy (non-hydrogen) atoms. The molecule has 6 nitrogen and oxygen atoms in total. The number of hydrogen-bond donors (Lipinski definition) is 0. The van der Waals surface area contributed by atoms with Gasteiger partial charge in [-0.15, -0.1) is 0 Å². The zero-order chi connectivity index (χ0) is 20.5. The van der Waals surface area contributed by atoms with Gasteiger partial charge in [0.15, 0.2) is 0 Å². The molecule has 1 saturated heterocycles. The van der Waals surface area contributed by atoms with Crippen LogP contribution in [0.4, 0.5) is 4.39 Å². The number of halogens is 1. The topological polar surface area (TPSA) is 59.2 Å². The monoisotopic (exact) mass is 402 g/mol. The van der Waals surface area contributed by atoms with Crippen LogP contribution in [0.1, 0.15) is 35.7 Å². The first-order valence-corrected chi connectivity index (χ1v) is 10.3. The second kappa shape index (κ2) is 7.91. The van der Waals surface area contributed by atoms with E-state index in [1.165, 1.54) is 0 Å². The van der Waals surface area contributed by atoms with E-state index in [2.05, 4.69) is 31.0 Å². The standard InChI is InChI=1S/C23H23FN6/c1-16-10-22(30-23(28-16)26-15-27-30)19-5-3-9-29(13-19)14-20-11-17(6-7-21(20)24)18-4-2-8-25-12-18/h2,4,6-8,10-12,15,19H,3,5,9,13-14H2,1H3. The van der Waals surface area contributed by atoms with E-state index in [1.807, 2.05) is 41.9 Å². The van der Waals surface area contributed by atoms with Crippen LogP contribution < -0.4 is 0 Å². The normalized spacial score (nSPS) is 17.5. The van der Waals surface area contributed by atoms with Crippen molar-refractivity contribution in [3.8, 4) is 11.1 Å². The third-order valence-electron chi connectivity index (χ3n) is 5.77. The Balaban J connectivity index is 1.39. The largest absolute Gasteiger partial charge is 0.298 e. The van der Waals surface area contributed by atoms with Crippen molar-refractivity contribution < 1.29 is 4.39 Å². The van der Waals surface area contributed by atoms with E-state index in [1.54, 1.807) is 18.6 Å². The van der Waals surface area contributed by atoms with Crippen molar-refractivity contribution in [3.63, 3.8) is 0 Å². The molecular formula is C23H23FN6. The van der Waals surface area contributed by atoms with Gasteiger partial charge < -0.3 is 0 Å². The second-order valence-corrected chi connectivity index (χ2v) is 7.92. The molecular weight excluding hydrogens is 379 g/mol. The molecule has 0 bridgehead atoms. The Morgan fingerprint density at radius 2 is 2.10 bits per heavy atom. The molecule has 1 atom stereocenters. The highest BCUT2D eigenvalue weighted by Gasteiger charge is 2.25. The number of piperidine rings is 1.